The van der Waals surface area contributed by atoms with Crippen molar-refractivity contribution >= 4 is 34.7 Å². The summed E-state index contributed by atoms with van der Waals surface area (Å²) >= 11 is 1.31. The first kappa shape index (κ1) is 19.2. The number of hydrogen-bond acceptors (Lipinski definition) is 5. The third-order valence-electron chi connectivity index (χ3n) is 2.99. The summed E-state index contributed by atoms with van der Waals surface area (Å²) in [5.41, 5.74) is 1.60. The molecule has 0 radical (unpaired) electrons. The van der Waals surface area contributed by atoms with Crippen molar-refractivity contribution in [2.24, 2.45) is 0 Å². The Kier molecular flexibility index (Phi) is 8.98. The SMILES string of the molecule is CCOC(=O)CCC(=O)c1ccc(C=CCCSC(C)=O)cc1. The molecule has 0 amide bonds. The van der Waals surface area contributed by atoms with Crippen LogP contribution in [0.1, 0.15) is 49.0 Å². The summed E-state index contributed by atoms with van der Waals surface area (Å²) in [6.07, 6.45) is 5.07. The number of esters is 1. The molecule has 0 fully saturated rings. The van der Waals surface area contributed by atoms with Gasteiger partial charge in [-0.2, -0.15) is 0 Å². The topological polar surface area (TPSA) is 60.4 Å². The van der Waals surface area contributed by atoms with Crippen molar-refractivity contribution in [3.05, 3.63) is 41.5 Å². The van der Waals surface area contributed by atoms with Crippen LogP contribution in [0.2, 0.25) is 0 Å². The van der Waals surface area contributed by atoms with Gasteiger partial charge in [-0.25, -0.2) is 0 Å². The number of benzene rings is 1. The minimum atomic E-state index is -0.344. The molecule has 0 aliphatic carbocycles. The van der Waals surface area contributed by atoms with E-state index in [1.165, 1.54) is 11.8 Å². The zero-order valence-electron chi connectivity index (χ0n) is 13.5. The van der Waals surface area contributed by atoms with Crippen molar-refractivity contribution in [1.82, 2.24) is 0 Å². The number of allylic oxidation sites excluding steroid dienone is 1. The third kappa shape index (κ3) is 8.35. The molecule has 1 aromatic carbocycles. The van der Waals surface area contributed by atoms with E-state index >= 15 is 0 Å². The summed E-state index contributed by atoms with van der Waals surface area (Å²) in [6.45, 7) is 3.63. The number of hydrogen-bond donors (Lipinski definition) is 0. The number of carbonyl (C=O) groups excluding carboxylic acids is 3. The van der Waals surface area contributed by atoms with Gasteiger partial charge in [0, 0.05) is 24.7 Å². The van der Waals surface area contributed by atoms with E-state index in [-0.39, 0.29) is 29.7 Å². The van der Waals surface area contributed by atoms with Crippen LogP contribution >= 0.6 is 11.8 Å². The molecule has 0 atom stereocenters. The second-order valence-corrected chi connectivity index (χ2v) is 6.15. The van der Waals surface area contributed by atoms with E-state index in [0.717, 1.165) is 17.7 Å². The smallest absolute Gasteiger partial charge is 0.306 e. The fraction of sp³-hybridized carbons (Fsp3) is 0.389. The van der Waals surface area contributed by atoms with E-state index in [2.05, 4.69) is 0 Å². The first-order valence-corrected chi connectivity index (χ1v) is 8.60. The predicted molar refractivity (Wildman–Crippen MR) is 93.4 cm³/mol. The second-order valence-electron chi connectivity index (χ2n) is 4.88. The molecule has 0 saturated heterocycles. The molecule has 124 valence electrons. The van der Waals surface area contributed by atoms with Crippen LogP contribution < -0.4 is 0 Å². The van der Waals surface area contributed by atoms with Gasteiger partial charge in [-0.1, -0.05) is 48.2 Å². The van der Waals surface area contributed by atoms with Crippen LogP contribution in [0.25, 0.3) is 6.08 Å². The van der Waals surface area contributed by atoms with E-state index < -0.39 is 0 Å². The van der Waals surface area contributed by atoms with Crippen molar-refractivity contribution in [3.63, 3.8) is 0 Å². The molecule has 0 N–H and O–H groups in total. The molecule has 0 heterocycles. The van der Waals surface area contributed by atoms with Crippen LogP contribution in [-0.2, 0) is 14.3 Å². The van der Waals surface area contributed by atoms with Crippen molar-refractivity contribution in [2.75, 3.05) is 12.4 Å². The molecule has 23 heavy (non-hydrogen) atoms. The Balaban J connectivity index is 2.43. The summed E-state index contributed by atoms with van der Waals surface area (Å²) < 4.78 is 4.80. The first-order chi connectivity index (χ1) is 11.0. The molecule has 0 aliphatic rings. The van der Waals surface area contributed by atoms with Crippen LogP contribution in [0.15, 0.2) is 30.3 Å². The highest BCUT2D eigenvalue weighted by molar-refractivity contribution is 8.13. The van der Waals surface area contributed by atoms with Crippen LogP contribution in [0.5, 0.6) is 0 Å². The molecular weight excluding hydrogens is 312 g/mol. The number of thioether (sulfide) groups is 1. The molecule has 1 aromatic rings. The molecule has 4 nitrogen and oxygen atoms in total. The van der Waals surface area contributed by atoms with Crippen LogP contribution in [0.3, 0.4) is 0 Å². The van der Waals surface area contributed by atoms with Gasteiger partial charge in [0.05, 0.1) is 13.0 Å². The summed E-state index contributed by atoms with van der Waals surface area (Å²) in [6, 6.07) is 7.26. The molecule has 5 heteroatoms. The molecule has 1 rings (SSSR count). The van der Waals surface area contributed by atoms with E-state index in [1.807, 2.05) is 24.3 Å². The third-order valence-corrected chi connectivity index (χ3v) is 3.84. The lowest BCUT2D eigenvalue weighted by molar-refractivity contribution is -0.143. The highest BCUT2D eigenvalue weighted by atomic mass is 32.2. The quantitative estimate of drug-likeness (QED) is 0.389. The molecule has 0 aromatic heterocycles. The Hall–Kier alpha value is -1.88. The largest absolute Gasteiger partial charge is 0.466 e. The number of Topliss-reactive ketones (excluding diaryl/α,β-unsaturated/α-hetero) is 1. The van der Waals surface area contributed by atoms with Crippen LogP contribution in [0, 0.1) is 0 Å². The lowest BCUT2D eigenvalue weighted by Crippen LogP contribution is -2.07. The summed E-state index contributed by atoms with van der Waals surface area (Å²) in [5.74, 6) is 0.367. The molecule has 0 saturated carbocycles. The van der Waals surface area contributed by atoms with Gasteiger partial charge in [0.15, 0.2) is 10.9 Å². The van der Waals surface area contributed by atoms with E-state index in [4.69, 9.17) is 4.74 Å². The van der Waals surface area contributed by atoms with Crippen molar-refractivity contribution in [3.8, 4) is 0 Å². The van der Waals surface area contributed by atoms with E-state index in [0.29, 0.717) is 12.2 Å². The Morgan fingerprint density at radius 2 is 1.83 bits per heavy atom. The highest BCUT2D eigenvalue weighted by Gasteiger charge is 2.09. The number of ether oxygens (including phenoxy) is 1. The second kappa shape index (κ2) is 10.8. The van der Waals surface area contributed by atoms with Gasteiger partial charge in [-0.15, -0.1) is 0 Å². The highest BCUT2D eigenvalue weighted by Crippen LogP contribution is 2.11. The van der Waals surface area contributed by atoms with Gasteiger partial charge in [-0.05, 0) is 18.9 Å². The van der Waals surface area contributed by atoms with Gasteiger partial charge in [0.25, 0.3) is 0 Å². The van der Waals surface area contributed by atoms with Gasteiger partial charge in [0.2, 0.25) is 0 Å². The number of ketones is 1. The maximum Gasteiger partial charge on any atom is 0.306 e. The zero-order valence-corrected chi connectivity index (χ0v) is 14.4. The Morgan fingerprint density at radius 3 is 2.43 bits per heavy atom. The molecule has 0 aliphatic heterocycles. The number of rotatable bonds is 9. The minimum absolute atomic E-state index is 0.0635. The molecule has 0 spiro atoms. The molecule has 0 bridgehead atoms. The average Bonchev–Trinajstić information content (AvgIpc) is 2.53. The minimum Gasteiger partial charge on any atom is -0.466 e. The average molecular weight is 334 g/mol. The Morgan fingerprint density at radius 1 is 1.13 bits per heavy atom. The maximum atomic E-state index is 12.0. The standard InChI is InChI=1S/C18H22O4S/c1-3-22-18(21)12-11-17(20)16-9-7-15(8-10-16)6-4-5-13-23-14(2)19/h4,6-10H,3,5,11-13H2,1-2H3. The van der Waals surface area contributed by atoms with Gasteiger partial charge >= 0.3 is 5.97 Å². The van der Waals surface area contributed by atoms with Crippen molar-refractivity contribution in [1.29, 1.82) is 0 Å². The normalized spacial score (nSPS) is 10.7. The van der Waals surface area contributed by atoms with Crippen LogP contribution in [-0.4, -0.2) is 29.2 Å². The summed E-state index contributed by atoms with van der Waals surface area (Å²) in [7, 11) is 0. The Labute approximate surface area is 141 Å². The lowest BCUT2D eigenvalue weighted by atomic mass is 10.0. The molecule has 0 unspecified atom stereocenters. The Bertz CT molecular complexity index is 561. The lowest BCUT2D eigenvalue weighted by Gasteiger charge is -2.02. The summed E-state index contributed by atoms with van der Waals surface area (Å²) in [5, 5.41) is 0.129. The fourth-order valence-electron chi connectivity index (χ4n) is 1.86. The summed E-state index contributed by atoms with van der Waals surface area (Å²) in [4.78, 5) is 34.0. The first-order valence-electron chi connectivity index (χ1n) is 7.61. The molecular formula is C18H22O4S. The number of carbonyl (C=O) groups is 3. The van der Waals surface area contributed by atoms with Crippen molar-refractivity contribution in [2.45, 2.75) is 33.1 Å². The van der Waals surface area contributed by atoms with E-state index in [9.17, 15) is 14.4 Å². The van der Waals surface area contributed by atoms with Gasteiger partial charge in [0.1, 0.15) is 0 Å². The monoisotopic (exact) mass is 334 g/mol. The van der Waals surface area contributed by atoms with E-state index in [1.54, 1.807) is 26.0 Å². The van der Waals surface area contributed by atoms with Crippen molar-refractivity contribution < 1.29 is 19.1 Å². The predicted octanol–water partition coefficient (Wildman–Crippen LogP) is 3.90. The maximum absolute atomic E-state index is 12.0. The fourth-order valence-corrected chi connectivity index (χ4v) is 2.40. The van der Waals surface area contributed by atoms with Gasteiger partial charge in [-0.3, -0.25) is 14.4 Å². The van der Waals surface area contributed by atoms with Gasteiger partial charge < -0.3 is 4.74 Å². The zero-order chi connectivity index (χ0) is 17.1. The van der Waals surface area contributed by atoms with Crippen LogP contribution in [0.4, 0.5) is 0 Å².